The molecule has 0 amide bonds. The summed E-state index contributed by atoms with van der Waals surface area (Å²) in [7, 11) is 0. The van der Waals surface area contributed by atoms with E-state index in [2.05, 4.69) is 4.74 Å². The third-order valence-corrected chi connectivity index (χ3v) is 4.05. The normalized spacial score (nSPS) is 19.0. The molecule has 0 radical (unpaired) electrons. The van der Waals surface area contributed by atoms with Crippen LogP contribution < -0.4 is 4.74 Å². The molecule has 1 unspecified atom stereocenters. The van der Waals surface area contributed by atoms with Crippen molar-refractivity contribution in [2.75, 3.05) is 0 Å². The molecule has 0 spiro atoms. The number of rotatable bonds is 4. The van der Waals surface area contributed by atoms with Gasteiger partial charge in [0.15, 0.2) is 0 Å². The maximum atomic E-state index is 12.1. The highest BCUT2D eigenvalue weighted by Crippen LogP contribution is 2.28. The predicted molar refractivity (Wildman–Crippen MR) is 74.0 cm³/mol. The zero-order valence-corrected chi connectivity index (χ0v) is 11.9. The van der Waals surface area contributed by atoms with Gasteiger partial charge in [-0.25, -0.2) is 0 Å². The molecule has 0 aliphatic heterocycles. The lowest BCUT2D eigenvalue weighted by Gasteiger charge is -2.21. The highest BCUT2D eigenvalue weighted by Gasteiger charge is 2.31. The molecule has 5 heteroatoms. The van der Waals surface area contributed by atoms with Gasteiger partial charge in [-0.3, -0.25) is 0 Å². The highest BCUT2D eigenvalue weighted by atomic mass is 19.4. The summed E-state index contributed by atoms with van der Waals surface area (Å²) >= 11 is 0. The van der Waals surface area contributed by atoms with E-state index in [1.54, 1.807) is 12.1 Å². The van der Waals surface area contributed by atoms with Crippen molar-refractivity contribution in [2.45, 2.75) is 57.4 Å². The summed E-state index contributed by atoms with van der Waals surface area (Å²) < 4.78 is 40.0. The molecule has 2 rings (SSSR count). The van der Waals surface area contributed by atoms with Crippen molar-refractivity contribution in [1.82, 2.24) is 0 Å². The van der Waals surface area contributed by atoms with E-state index in [1.165, 1.54) is 25.0 Å². The summed E-state index contributed by atoms with van der Waals surface area (Å²) in [6.07, 6.45) is 2.24. The summed E-state index contributed by atoms with van der Waals surface area (Å²) in [4.78, 5) is 0. The average Bonchev–Trinajstić information content (AvgIpc) is 2.68. The Morgan fingerprint density at radius 1 is 1.05 bits per heavy atom. The van der Waals surface area contributed by atoms with Gasteiger partial charge in [0.2, 0.25) is 0 Å². The molecule has 118 valence electrons. The smallest absolute Gasteiger partial charge is 0.406 e. The Bertz CT molecular complexity index is 420. The summed E-state index contributed by atoms with van der Waals surface area (Å²) in [5.74, 6) is 0.0776. The van der Waals surface area contributed by atoms with Gasteiger partial charge in [0.25, 0.3) is 0 Å². The lowest BCUT2D eigenvalue weighted by atomic mass is 9.90. The van der Waals surface area contributed by atoms with Crippen LogP contribution >= 0.6 is 0 Å². The molecule has 1 aliphatic carbocycles. The zero-order chi connectivity index (χ0) is 15.3. The Labute approximate surface area is 122 Å². The molecule has 1 aromatic carbocycles. The summed E-state index contributed by atoms with van der Waals surface area (Å²) in [5.41, 5.74) is 0.835. The number of benzene rings is 1. The largest absolute Gasteiger partial charge is 0.573 e. The minimum Gasteiger partial charge on any atom is -0.406 e. The van der Waals surface area contributed by atoms with E-state index >= 15 is 0 Å². The molecule has 1 saturated carbocycles. The third kappa shape index (κ3) is 5.58. The summed E-state index contributed by atoms with van der Waals surface area (Å²) in [6, 6.07) is 5.76. The maximum Gasteiger partial charge on any atom is 0.573 e. The van der Waals surface area contributed by atoms with Crippen LogP contribution in [-0.4, -0.2) is 17.6 Å². The van der Waals surface area contributed by atoms with Gasteiger partial charge in [0.1, 0.15) is 5.75 Å². The van der Waals surface area contributed by atoms with Crippen molar-refractivity contribution in [2.24, 2.45) is 5.92 Å². The van der Waals surface area contributed by atoms with Gasteiger partial charge in [-0.1, -0.05) is 37.8 Å². The first-order chi connectivity index (χ1) is 9.94. The second-order valence-electron chi connectivity index (χ2n) is 5.71. The van der Waals surface area contributed by atoms with Crippen molar-refractivity contribution in [1.29, 1.82) is 0 Å². The molecular weight excluding hydrogens is 281 g/mol. The molecule has 1 fully saturated rings. The SMILES string of the molecule is OC(Cc1ccc(OC(F)(F)F)cc1)C1CCCCCC1. The Morgan fingerprint density at radius 2 is 1.62 bits per heavy atom. The van der Waals surface area contributed by atoms with E-state index in [-0.39, 0.29) is 5.75 Å². The molecule has 1 aliphatic rings. The van der Waals surface area contributed by atoms with E-state index in [9.17, 15) is 18.3 Å². The van der Waals surface area contributed by atoms with Gasteiger partial charge in [0.05, 0.1) is 6.10 Å². The van der Waals surface area contributed by atoms with Crippen molar-refractivity contribution in [3.63, 3.8) is 0 Å². The van der Waals surface area contributed by atoms with E-state index < -0.39 is 12.5 Å². The number of aliphatic hydroxyl groups is 1. The van der Waals surface area contributed by atoms with E-state index in [0.29, 0.717) is 12.3 Å². The van der Waals surface area contributed by atoms with Crippen LogP contribution in [0.4, 0.5) is 13.2 Å². The number of halogens is 3. The minimum atomic E-state index is -4.67. The lowest BCUT2D eigenvalue weighted by Crippen LogP contribution is -2.22. The molecule has 1 N–H and O–H groups in total. The lowest BCUT2D eigenvalue weighted by molar-refractivity contribution is -0.274. The molecule has 0 bridgehead atoms. The van der Waals surface area contributed by atoms with Crippen molar-refractivity contribution >= 4 is 0 Å². The minimum absolute atomic E-state index is 0.227. The van der Waals surface area contributed by atoms with Crippen LogP contribution in [0.5, 0.6) is 5.75 Å². The van der Waals surface area contributed by atoms with Crippen LogP contribution in [0.25, 0.3) is 0 Å². The predicted octanol–water partition coefficient (Wildman–Crippen LogP) is 4.46. The quantitative estimate of drug-likeness (QED) is 0.832. The maximum absolute atomic E-state index is 12.1. The molecule has 0 heterocycles. The first-order valence-corrected chi connectivity index (χ1v) is 7.47. The fraction of sp³-hybridized carbons (Fsp3) is 0.625. The third-order valence-electron chi connectivity index (χ3n) is 4.05. The Morgan fingerprint density at radius 3 is 2.14 bits per heavy atom. The topological polar surface area (TPSA) is 29.5 Å². The van der Waals surface area contributed by atoms with Crippen LogP contribution in [0, 0.1) is 5.92 Å². The standard InChI is InChI=1S/C16H21F3O2/c17-16(18,19)21-14-9-7-12(8-10-14)11-15(20)13-5-3-1-2-4-6-13/h7-10,13,15,20H,1-6,11H2. The average molecular weight is 302 g/mol. The number of ether oxygens (including phenoxy) is 1. The molecule has 1 aromatic rings. The number of alkyl halides is 3. The van der Waals surface area contributed by atoms with Crippen molar-refractivity contribution in [3.8, 4) is 5.75 Å². The molecule has 2 nitrogen and oxygen atoms in total. The molecule has 0 aromatic heterocycles. The first kappa shape index (κ1) is 16.1. The van der Waals surface area contributed by atoms with Crippen molar-refractivity contribution in [3.05, 3.63) is 29.8 Å². The Balaban J connectivity index is 1.90. The molecular formula is C16H21F3O2. The fourth-order valence-corrected chi connectivity index (χ4v) is 2.93. The van der Waals surface area contributed by atoms with Crippen LogP contribution in [0.3, 0.4) is 0 Å². The Kier molecular flexibility index (Phi) is 5.51. The first-order valence-electron chi connectivity index (χ1n) is 7.47. The molecule has 21 heavy (non-hydrogen) atoms. The van der Waals surface area contributed by atoms with Gasteiger partial charge in [-0.05, 0) is 42.9 Å². The van der Waals surface area contributed by atoms with Crippen LogP contribution in [0.15, 0.2) is 24.3 Å². The number of aliphatic hydroxyl groups excluding tert-OH is 1. The number of hydrogen-bond donors (Lipinski definition) is 1. The van der Waals surface area contributed by atoms with Gasteiger partial charge in [0, 0.05) is 0 Å². The fourth-order valence-electron chi connectivity index (χ4n) is 2.93. The van der Waals surface area contributed by atoms with Crippen LogP contribution in [0.1, 0.15) is 44.1 Å². The van der Waals surface area contributed by atoms with Crippen LogP contribution in [0.2, 0.25) is 0 Å². The zero-order valence-electron chi connectivity index (χ0n) is 11.9. The van der Waals surface area contributed by atoms with Crippen molar-refractivity contribution < 1.29 is 23.0 Å². The van der Waals surface area contributed by atoms with Crippen LogP contribution in [-0.2, 0) is 6.42 Å². The van der Waals surface area contributed by atoms with E-state index in [4.69, 9.17) is 0 Å². The number of hydrogen-bond acceptors (Lipinski definition) is 2. The van der Waals surface area contributed by atoms with Gasteiger partial charge in [-0.2, -0.15) is 0 Å². The molecule has 1 atom stereocenters. The van der Waals surface area contributed by atoms with E-state index in [1.807, 2.05) is 0 Å². The summed E-state index contributed by atoms with van der Waals surface area (Å²) in [6.45, 7) is 0. The van der Waals surface area contributed by atoms with Gasteiger partial charge < -0.3 is 9.84 Å². The van der Waals surface area contributed by atoms with Gasteiger partial charge in [-0.15, -0.1) is 13.2 Å². The Hall–Kier alpha value is -1.23. The second kappa shape index (κ2) is 7.16. The summed E-state index contributed by atoms with van der Waals surface area (Å²) in [5, 5.41) is 10.3. The molecule has 0 saturated heterocycles. The second-order valence-corrected chi connectivity index (χ2v) is 5.71. The monoisotopic (exact) mass is 302 g/mol. The van der Waals surface area contributed by atoms with Gasteiger partial charge >= 0.3 is 6.36 Å². The highest BCUT2D eigenvalue weighted by molar-refractivity contribution is 5.27. The van der Waals surface area contributed by atoms with E-state index in [0.717, 1.165) is 31.2 Å².